The van der Waals surface area contributed by atoms with Gasteiger partial charge in [-0.05, 0) is 66.9 Å². The molecule has 2 aromatic heterocycles. The number of nitrogens with one attached hydrogen (secondary N) is 1. The largest absolute Gasteiger partial charge is 0.507 e. The highest BCUT2D eigenvalue weighted by molar-refractivity contribution is 7.80. The maximum absolute atomic E-state index is 12.9. The lowest BCUT2D eigenvalue weighted by Crippen LogP contribution is -2.16. The maximum atomic E-state index is 12.9. The van der Waals surface area contributed by atoms with E-state index in [1.54, 1.807) is 62.6 Å². The summed E-state index contributed by atoms with van der Waals surface area (Å²) in [6.07, 6.45) is 3.22. The Morgan fingerprint density at radius 2 is 1.85 bits per heavy atom. The fraction of sp³-hybridized carbons (Fsp3) is 0.150. The van der Waals surface area contributed by atoms with E-state index >= 15 is 0 Å². The van der Waals surface area contributed by atoms with Crippen molar-refractivity contribution >= 4 is 30.0 Å². The van der Waals surface area contributed by atoms with Crippen LogP contribution in [0.3, 0.4) is 0 Å². The van der Waals surface area contributed by atoms with Crippen LogP contribution < -0.4 is 11.1 Å². The van der Waals surface area contributed by atoms with Crippen LogP contribution in [0, 0.1) is 13.8 Å². The average Bonchev–Trinajstić information content (AvgIpc) is 2.65. The standard InChI is InChI=1S/C20H20N4O2S/c1-11-8-14(9-12(2)18(11)25)24-20(26)15-4-3-6-23-17(15)19(27)13-5-7-22-16(21)10-13/h3-10,19,25,27H,1-2H3,(H2,21,22)(H,24,26). The van der Waals surface area contributed by atoms with Crippen molar-refractivity contribution in [3.63, 3.8) is 0 Å². The van der Waals surface area contributed by atoms with Gasteiger partial charge >= 0.3 is 0 Å². The van der Waals surface area contributed by atoms with Crippen LogP contribution in [0.5, 0.6) is 5.75 Å². The Bertz CT molecular complexity index is 984. The van der Waals surface area contributed by atoms with Crippen LogP contribution in [0.4, 0.5) is 11.5 Å². The van der Waals surface area contributed by atoms with Gasteiger partial charge in [0.25, 0.3) is 5.91 Å². The molecular weight excluding hydrogens is 360 g/mol. The molecule has 138 valence electrons. The van der Waals surface area contributed by atoms with Crippen LogP contribution in [0.2, 0.25) is 0 Å². The van der Waals surface area contributed by atoms with Crippen LogP contribution in [0.25, 0.3) is 0 Å². The summed E-state index contributed by atoms with van der Waals surface area (Å²) in [5, 5.41) is 12.3. The first kappa shape index (κ1) is 18.7. The van der Waals surface area contributed by atoms with Crippen molar-refractivity contribution in [1.29, 1.82) is 0 Å². The quantitative estimate of drug-likeness (QED) is 0.409. The minimum atomic E-state index is -0.430. The minimum Gasteiger partial charge on any atom is -0.507 e. The van der Waals surface area contributed by atoms with E-state index in [2.05, 4.69) is 27.9 Å². The number of rotatable bonds is 4. The van der Waals surface area contributed by atoms with Crippen molar-refractivity contribution in [1.82, 2.24) is 9.97 Å². The molecule has 1 unspecified atom stereocenters. The van der Waals surface area contributed by atoms with Crippen LogP contribution >= 0.6 is 12.6 Å². The fourth-order valence-corrected chi connectivity index (χ4v) is 3.21. The van der Waals surface area contributed by atoms with Gasteiger partial charge in [-0.3, -0.25) is 9.78 Å². The third kappa shape index (κ3) is 4.03. The normalized spacial score (nSPS) is 11.8. The topological polar surface area (TPSA) is 101 Å². The Balaban J connectivity index is 1.92. The summed E-state index contributed by atoms with van der Waals surface area (Å²) in [6.45, 7) is 3.57. The van der Waals surface area contributed by atoms with Crippen molar-refractivity contribution in [3.05, 3.63) is 76.7 Å². The van der Waals surface area contributed by atoms with E-state index in [0.717, 1.165) is 5.56 Å². The number of nitrogens with zero attached hydrogens (tertiary/aromatic N) is 2. The van der Waals surface area contributed by atoms with Gasteiger partial charge in [0, 0.05) is 18.1 Å². The Labute approximate surface area is 162 Å². The number of nitrogens with two attached hydrogens (primary N) is 1. The maximum Gasteiger partial charge on any atom is 0.257 e. The number of nitrogen functional groups attached to an aromatic ring is 1. The van der Waals surface area contributed by atoms with Gasteiger partial charge < -0.3 is 16.2 Å². The first-order chi connectivity index (χ1) is 12.9. The number of aromatic nitrogens is 2. The van der Waals surface area contributed by atoms with Crippen molar-refractivity contribution < 1.29 is 9.90 Å². The summed E-state index contributed by atoms with van der Waals surface area (Å²) in [7, 11) is 0. The lowest BCUT2D eigenvalue weighted by Gasteiger charge is -2.16. The zero-order chi connectivity index (χ0) is 19.6. The Morgan fingerprint density at radius 3 is 2.52 bits per heavy atom. The van der Waals surface area contributed by atoms with Crippen LogP contribution in [-0.4, -0.2) is 21.0 Å². The summed E-state index contributed by atoms with van der Waals surface area (Å²) in [6, 6.07) is 10.3. The van der Waals surface area contributed by atoms with Gasteiger partial charge in [0.2, 0.25) is 0 Å². The molecule has 0 aliphatic carbocycles. The molecule has 1 amide bonds. The minimum absolute atomic E-state index is 0.223. The molecule has 1 aromatic carbocycles. The first-order valence-corrected chi connectivity index (χ1v) is 8.84. The second kappa shape index (κ2) is 7.67. The molecule has 7 heteroatoms. The summed E-state index contributed by atoms with van der Waals surface area (Å²) in [5.74, 6) is 0.299. The molecule has 3 aromatic rings. The molecule has 6 nitrogen and oxygen atoms in total. The first-order valence-electron chi connectivity index (χ1n) is 8.32. The number of phenolic OH excluding ortho intramolecular Hbond substituents is 1. The number of hydrogen-bond donors (Lipinski definition) is 4. The SMILES string of the molecule is Cc1cc(NC(=O)c2cccnc2C(S)c2ccnc(N)c2)cc(C)c1O. The number of benzene rings is 1. The number of carbonyl (C=O) groups excluding carboxylic acids is 1. The zero-order valence-electron chi connectivity index (χ0n) is 15.0. The molecule has 0 bridgehead atoms. The molecule has 0 radical (unpaired) electrons. The summed E-state index contributed by atoms with van der Waals surface area (Å²) in [4.78, 5) is 21.2. The predicted molar refractivity (Wildman–Crippen MR) is 109 cm³/mol. The van der Waals surface area contributed by atoms with E-state index in [-0.39, 0.29) is 11.7 Å². The van der Waals surface area contributed by atoms with Gasteiger partial charge in [-0.2, -0.15) is 12.6 Å². The van der Waals surface area contributed by atoms with E-state index in [0.29, 0.717) is 33.9 Å². The lowest BCUT2D eigenvalue weighted by atomic mass is 10.0. The predicted octanol–water partition coefficient (Wildman–Crippen LogP) is 3.65. The number of amides is 1. The third-order valence-electron chi connectivity index (χ3n) is 4.21. The lowest BCUT2D eigenvalue weighted by molar-refractivity contribution is 0.102. The fourth-order valence-electron chi connectivity index (χ4n) is 2.85. The smallest absolute Gasteiger partial charge is 0.257 e. The monoisotopic (exact) mass is 380 g/mol. The molecule has 27 heavy (non-hydrogen) atoms. The van der Waals surface area contributed by atoms with Crippen LogP contribution in [-0.2, 0) is 0 Å². The van der Waals surface area contributed by atoms with Gasteiger partial charge in [-0.15, -0.1) is 0 Å². The Morgan fingerprint density at radius 1 is 1.15 bits per heavy atom. The second-order valence-electron chi connectivity index (χ2n) is 6.27. The van der Waals surface area contributed by atoms with Crippen molar-refractivity contribution in [2.24, 2.45) is 0 Å². The van der Waals surface area contributed by atoms with Gasteiger partial charge in [0.1, 0.15) is 11.6 Å². The summed E-state index contributed by atoms with van der Waals surface area (Å²) in [5.41, 5.74) is 9.47. The van der Waals surface area contributed by atoms with Crippen molar-refractivity contribution in [2.75, 3.05) is 11.1 Å². The van der Waals surface area contributed by atoms with Gasteiger partial charge in [0.15, 0.2) is 0 Å². The highest BCUT2D eigenvalue weighted by atomic mass is 32.1. The molecule has 0 aliphatic rings. The van der Waals surface area contributed by atoms with Crippen molar-refractivity contribution in [3.8, 4) is 5.75 Å². The van der Waals surface area contributed by atoms with E-state index in [1.165, 1.54) is 0 Å². The van der Waals surface area contributed by atoms with E-state index in [1.807, 2.05) is 0 Å². The van der Waals surface area contributed by atoms with Crippen LogP contribution in [0.15, 0.2) is 48.8 Å². The zero-order valence-corrected chi connectivity index (χ0v) is 15.9. The summed E-state index contributed by atoms with van der Waals surface area (Å²) < 4.78 is 0. The molecule has 1 atom stereocenters. The molecule has 0 saturated carbocycles. The number of hydrogen-bond acceptors (Lipinski definition) is 6. The van der Waals surface area contributed by atoms with Gasteiger partial charge in [0.05, 0.1) is 16.5 Å². The number of anilines is 2. The Hall–Kier alpha value is -3.06. The molecular formula is C20H20N4O2S. The number of pyridine rings is 2. The van der Waals surface area contributed by atoms with Crippen LogP contribution in [0.1, 0.15) is 38.0 Å². The Kier molecular flexibility index (Phi) is 5.32. The molecule has 2 heterocycles. The molecule has 3 rings (SSSR count). The van der Waals surface area contributed by atoms with E-state index < -0.39 is 5.25 Å². The van der Waals surface area contributed by atoms with Crippen molar-refractivity contribution in [2.45, 2.75) is 19.1 Å². The number of phenols is 1. The molecule has 4 N–H and O–H groups in total. The number of thiol groups is 1. The second-order valence-corrected chi connectivity index (χ2v) is 6.78. The molecule has 0 spiro atoms. The highest BCUT2D eigenvalue weighted by Gasteiger charge is 2.20. The van der Waals surface area contributed by atoms with Gasteiger partial charge in [-0.1, -0.05) is 0 Å². The molecule has 0 fully saturated rings. The van der Waals surface area contributed by atoms with Gasteiger partial charge in [-0.25, -0.2) is 4.98 Å². The van der Waals surface area contributed by atoms with E-state index in [9.17, 15) is 9.90 Å². The summed E-state index contributed by atoms with van der Waals surface area (Å²) >= 11 is 4.63. The number of aryl methyl sites for hydroxylation is 2. The average molecular weight is 380 g/mol. The molecule has 0 aliphatic heterocycles. The molecule has 0 saturated heterocycles. The van der Waals surface area contributed by atoms with E-state index in [4.69, 9.17) is 5.73 Å². The number of aromatic hydroxyl groups is 1. The third-order valence-corrected chi connectivity index (χ3v) is 4.75. The highest BCUT2D eigenvalue weighted by Crippen LogP contribution is 2.31. The number of carbonyl (C=O) groups is 1.